The molecular weight excluding hydrogens is 362 g/mol. The maximum absolute atomic E-state index is 12.6. The molecule has 0 spiro atoms. The van der Waals surface area contributed by atoms with Crippen molar-refractivity contribution in [2.75, 3.05) is 6.61 Å². The zero-order valence-electron chi connectivity index (χ0n) is 12.8. The van der Waals surface area contributed by atoms with Crippen LogP contribution in [0.25, 0.3) is 0 Å². The molecule has 3 rings (SSSR count). The van der Waals surface area contributed by atoms with E-state index in [0.717, 1.165) is 34.9 Å². The smallest absolute Gasteiger partial charge is 0.326 e. The highest BCUT2D eigenvalue weighted by atomic mass is 79.9. The summed E-state index contributed by atoms with van der Waals surface area (Å²) in [5, 5.41) is 9.54. The van der Waals surface area contributed by atoms with Gasteiger partial charge >= 0.3 is 5.97 Å². The van der Waals surface area contributed by atoms with Crippen LogP contribution in [0.5, 0.6) is 0 Å². The normalized spacial score (nSPS) is 24.1. The molecule has 6 heteroatoms. The van der Waals surface area contributed by atoms with Gasteiger partial charge in [0.1, 0.15) is 6.04 Å². The molecule has 5 nitrogen and oxygen atoms in total. The molecule has 0 radical (unpaired) electrons. The van der Waals surface area contributed by atoms with Gasteiger partial charge in [-0.2, -0.15) is 0 Å². The third-order valence-electron chi connectivity index (χ3n) is 4.61. The van der Waals surface area contributed by atoms with Crippen LogP contribution in [-0.2, 0) is 27.3 Å². The van der Waals surface area contributed by atoms with Crippen LogP contribution in [0.2, 0.25) is 0 Å². The molecule has 1 amide bonds. The summed E-state index contributed by atoms with van der Waals surface area (Å²) in [4.78, 5) is 25.8. The van der Waals surface area contributed by atoms with E-state index in [1.807, 2.05) is 18.2 Å². The first-order valence-electron chi connectivity index (χ1n) is 7.96. The Labute approximate surface area is 143 Å². The Kier molecular flexibility index (Phi) is 5.02. The number of ether oxygens (including phenoxy) is 1. The Hall–Kier alpha value is -1.40. The van der Waals surface area contributed by atoms with E-state index in [4.69, 9.17) is 4.74 Å². The van der Waals surface area contributed by atoms with Crippen LogP contribution in [0.3, 0.4) is 0 Å². The number of hydrogen-bond acceptors (Lipinski definition) is 3. The zero-order valence-corrected chi connectivity index (χ0v) is 14.4. The van der Waals surface area contributed by atoms with E-state index in [2.05, 4.69) is 15.9 Å². The minimum absolute atomic E-state index is 0.0744. The molecule has 1 saturated heterocycles. The molecule has 124 valence electrons. The number of amides is 1. The largest absolute Gasteiger partial charge is 0.480 e. The number of rotatable bonds is 3. The van der Waals surface area contributed by atoms with Gasteiger partial charge in [-0.25, -0.2) is 4.79 Å². The quantitative estimate of drug-likeness (QED) is 0.873. The van der Waals surface area contributed by atoms with E-state index in [1.54, 1.807) is 0 Å². The van der Waals surface area contributed by atoms with Gasteiger partial charge in [-0.05, 0) is 36.5 Å². The third-order valence-corrected chi connectivity index (χ3v) is 5.35. The average molecular weight is 382 g/mol. The summed E-state index contributed by atoms with van der Waals surface area (Å²) in [5.74, 6) is -1.08. The molecule has 1 N–H and O–H groups in total. The number of carboxylic acids is 1. The number of aliphatic carboxylic acids is 1. The van der Waals surface area contributed by atoms with E-state index < -0.39 is 12.0 Å². The summed E-state index contributed by atoms with van der Waals surface area (Å²) < 4.78 is 6.53. The molecule has 1 fully saturated rings. The lowest BCUT2D eigenvalue weighted by atomic mass is 9.93. The lowest BCUT2D eigenvalue weighted by molar-refractivity contribution is -0.153. The van der Waals surface area contributed by atoms with Crippen molar-refractivity contribution in [2.24, 2.45) is 0 Å². The van der Waals surface area contributed by atoms with E-state index >= 15 is 0 Å². The monoisotopic (exact) mass is 381 g/mol. The molecule has 0 bridgehead atoms. The Bertz CT molecular complexity index is 613. The molecule has 0 aliphatic carbocycles. The highest BCUT2D eigenvalue weighted by Gasteiger charge is 2.36. The zero-order chi connectivity index (χ0) is 16.4. The molecule has 0 saturated carbocycles. The van der Waals surface area contributed by atoms with Crippen molar-refractivity contribution in [1.29, 1.82) is 0 Å². The molecule has 2 heterocycles. The Morgan fingerprint density at radius 1 is 1.35 bits per heavy atom. The summed E-state index contributed by atoms with van der Waals surface area (Å²) in [6, 6.07) is 4.97. The standard InChI is InChI=1S/C17H20BrNO4/c18-14-6-3-4-11-10-19(15(17(21)22)9-13(11)14)16(20)8-12-5-1-2-7-23-12/h3-4,6,12,15H,1-2,5,7-10H2,(H,21,22). The fourth-order valence-electron chi connectivity index (χ4n) is 3.34. The molecule has 2 aliphatic heterocycles. The van der Waals surface area contributed by atoms with Crippen molar-refractivity contribution >= 4 is 27.8 Å². The minimum Gasteiger partial charge on any atom is -0.480 e. The third kappa shape index (κ3) is 3.58. The summed E-state index contributed by atoms with van der Waals surface area (Å²) in [7, 11) is 0. The summed E-state index contributed by atoms with van der Waals surface area (Å²) in [5.41, 5.74) is 1.99. The van der Waals surface area contributed by atoms with E-state index in [9.17, 15) is 14.7 Å². The van der Waals surface area contributed by atoms with Crippen molar-refractivity contribution < 1.29 is 19.4 Å². The van der Waals surface area contributed by atoms with Gasteiger partial charge < -0.3 is 14.7 Å². The fraction of sp³-hybridized carbons (Fsp3) is 0.529. The first-order valence-corrected chi connectivity index (χ1v) is 8.75. The lowest BCUT2D eigenvalue weighted by Gasteiger charge is -2.36. The molecule has 0 aromatic heterocycles. The van der Waals surface area contributed by atoms with Crippen LogP contribution in [0, 0.1) is 0 Å². The van der Waals surface area contributed by atoms with Crippen molar-refractivity contribution in [2.45, 2.75) is 50.8 Å². The number of fused-ring (bicyclic) bond motifs is 1. The van der Waals surface area contributed by atoms with Gasteiger partial charge in [0.05, 0.1) is 12.5 Å². The molecule has 1 aromatic rings. The first-order chi connectivity index (χ1) is 11.1. The maximum atomic E-state index is 12.6. The SMILES string of the molecule is O=C(O)C1Cc2c(Br)cccc2CN1C(=O)CC1CCCCO1. The number of carboxylic acid groups (broad SMARTS) is 1. The van der Waals surface area contributed by atoms with Crippen LogP contribution in [-0.4, -0.2) is 40.6 Å². The van der Waals surface area contributed by atoms with Crippen LogP contribution in [0.15, 0.2) is 22.7 Å². The number of hydrogen-bond donors (Lipinski definition) is 1. The van der Waals surface area contributed by atoms with E-state index in [-0.39, 0.29) is 18.4 Å². The highest BCUT2D eigenvalue weighted by Crippen LogP contribution is 2.30. The fourth-order valence-corrected chi connectivity index (χ4v) is 3.91. The summed E-state index contributed by atoms with van der Waals surface area (Å²) in [6.45, 7) is 1.04. The van der Waals surface area contributed by atoms with Gasteiger partial charge in [-0.3, -0.25) is 4.79 Å². The maximum Gasteiger partial charge on any atom is 0.326 e. The molecule has 23 heavy (non-hydrogen) atoms. The predicted octanol–water partition coefficient (Wildman–Crippen LogP) is 2.75. The Morgan fingerprint density at radius 2 is 2.17 bits per heavy atom. The number of halogens is 1. The van der Waals surface area contributed by atoms with Crippen LogP contribution >= 0.6 is 15.9 Å². The van der Waals surface area contributed by atoms with Crippen LogP contribution in [0.4, 0.5) is 0 Å². The number of benzene rings is 1. The lowest BCUT2D eigenvalue weighted by Crippen LogP contribution is -2.49. The number of carbonyl (C=O) groups is 2. The molecular formula is C17H20BrNO4. The average Bonchev–Trinajstić information content (AvgIpc) is 2.55. The van der Waals surface area contributed by atoms with E-state index in [0.29, 0.717) is 19.6 Å². The Morgan fingerprint density at radius 3 is 2.87 bits per heavy atom. The topological polar surface area (TPSA) is 66.8 Å². The van der Waals surface area contributed by atoms with Crippen molar-refractivity contribution in [3.05, 3.63) is 33.8 Å². The van der Waals surface area contributed by atoms with Gasteiger partial charge in [-0.1, -0.05) is 28.1 Å². The summed E-state index contributed by atoms with van der Waals surface area (Å²) >= 11 is 3.48. The second kappa shape index (κ2) is 7.01. The second-order valence-corrected chi connectivity index (χ2v) is 7.00. The van der Waals surface area contributed by atoms with Gasteiger partial charge in [-0.15, -0.1) is 0 Å². The van der Waals surface area contributed by atoms with Gasteiger partial charge in [0.2, 0.25) is 5.91 Å². The minimum atomic E-state index is -0.954. The Balaban J connectivity index is 1.79. The molecule has 1 aromatic carbocycles. The van der Waals surface area contributed by atoms with Crippen LogP contribution < -0.4 is 0 Å². The second-order valence-electron chi connectivity index (χ2n) is 6.15. The van der Waals surface area contributed by atoms with Crippen molar-refractivity contribution in [1.82, 2.24) is 4.90 Å². The van der Waals surface area contributed by atoms with Crippen molar-refractivity contribution in [3.63, 3.8) is 0 Å². The van der Waals surface area contributed by atoms with E-state index in [1.165, 1.54) is 4.90 Å². The van der Waals surface area contributed by atoms with Gasteiger partial charge in [0.25, 0.3) is 0 Å². The van der Waals surface area contributed by atoms with Gasteiger partial charge in [0.15, 0.2) is 0 Å². The number of nitrogens with zero attached hydrogens (tertiary/aromatic N) is 1. The molecule has 2 aliphatic rings. The van der Waals surface area contributed by atoms with Gasteiger partial charge in [0, 0.05) is 24.0 Å². The molecule has 2 atom stereocenters. The van der Waals surface area contributed by atoms with Crippen LogP contribution in [0.1, 0.15) is 36.8 Å². The number of carbonyl (C=O) groups excluding carboxylic acids is 1. The first kappa shape index (κ1) is 16.5. The summed E-state index contributed by atoms with van der Waals surface area (Å²) in [6.07, 6.45) is 3.51. The van der Waals surface area contributed by atoms with Crippen molar-refractivity contribution in [3.8, 4) is 0 Å². The predicted molar refractivity (Wildman–Crippen MR) is 88.0 cm³/mol. The molecule has 2 unspecified atom stereocenters. The highest BCUT2D eigenvalue weighted by molar-refractivity contribution is 9.10.